The zero-order chi connectivity index (χ0) is 28.2. The first-order valence-electron chi connectivity index (χ1n) is 13.3. The van der Waals surface area contributed by atoms with E-state index in [4.69, 9.17) is 5.11 Å². The molecule has 1 atom stereocenters. The highest BCUT2D eigenvalue weighted by Crippen LogP contribution is 2.32. The van der Waals surface area contributed by atoms with Gasteiger partial charge in [-0.15, -0.1) is 11.3 Å². The van der Waals surface area contributed by atoms with Gasteiger partial charge in [0.25, 0.3) is 0 Å². The number of aliphatic hydroxyl groups is 1. The fraction of sp³-hybridized carbons (Fsp3) is 0.433. The number of carbonyl (C=O) groups is 1. The van der Waals surface area contributed by atoms with E-state index in [9.17, 15) is 18.3 Å². The molecular formula is C30H38N2O5S2. The maximum Gasteiger partial charge on any atom is 0.303 e. The van der Waals surface area contributed by atoms with Crippen LogP contribution in [0.3, 0.4) is 0 Å². The summed E-state index contributed by atoms with van der Waals surface area (Å²) < 4.78 is 27.8. The van der Waals surface area contributed by atoms with E-state index in [-0.39, 0.29) is 23.4 Å². The molecule has 2 aromatic carbocycles. The van der Waals surface area contributed by atoms with Gasteiger partial charge in [0, 0.05) is 35.4 Å². The van der Waals surface area contributed by atoms with Crippen LogP contribution in [0.5, 0.6) is 0 Å². The minimum absolute atomic E-state index is 0.0250. The first-order valence-corrected chi connectivity index (χ1v) is 15.6. The number of aryl methyl sites for hydroxylation is 1. The number of aliphatic hydroxyl groups excluding tert-OH is 1. The quantitative estimate of drug-likeness (QED) is 0.278. The lowest BCUT2D eigenvalue weighted by Gasteiger charge is -2.31. The van der Waals surface area contributed by atoms with Crippen molar-refractivity contribution >= 4 is 27.3 Å². The van der Waals surface area contributed by atoms with Gasteiger partial charge in [0.15, 0.2) is 0 Å². The molecule has 0 bridgehead atoms. The number of β-amino-alcohol motifs (C(OH)–C–C–N with tert-alkyl or cyclic N) is 1. The number of thiophene rings is 1. The zero-order valence-corrected chi connectivity index (χ0v) is 24.4. The van der Waals surface area contributed by atoms with Crippen molar-refractivity contribution in [1.29, 1.82) is 0 Å². The maximum atomic E-state index is 13.3. The molecule has 0 saturated heterocycles. The zero-order valence-electron chi connectivity index (χ0n) is 22.8. The number of likely N-dealkylation sites (N-methyl/N-ethyl adjacent to an activating group) is 1. The van der Waals surface area contributed by atoms with Crippen LogP contribution >= 0.6 is 11.3 Å². The summed E-state index contributed by atoms with van der Waals surface area (Å²) in [4.78, 5) is 12.8. The Kier molecular flexibility index (Phi) is 9.29. The Morgan fingerprint density at radius 2 is 1.79 bits per heavy atom. The van der Waals surface area contributed by atoms with Gasteiger partial charge >= 0.3 is 5.97 Å². The summed E-state index contributed by atoms with van der Waals surface area (Å²) in [7, 11) is -2.32. The van der Waals surface area contributed by atoms with E-state index in [0.717, 1.165) is 34.6 Å². The van der Waals surface area contributed by atoms with Crippen molar-refractivity contribution in [3.8, 4) is 10.4 Å². The van der Waals surface area contributed by atoms with E-state index in [0.29, 0.717) is 18.9 Å². The van der Waals surface area contributed by atoms with Gasteiger partial charge < -0.3 is 15.5 Å². The Bertz CT molecular complexity index is 1370. The fourth-order valence-corrected chi connectivity index (χ4v) is 7.59. The van der Waals surface area contributed by atoms with Gasteiger partial charge in [-0.2, -0.15) is 4.31 Å². The van der Waals surface area contributed by atoms with Crippen molar-refractivity contribution in [3.05, 3.63) is 76.7 Å². The van der Waals surface area contributed by atoms with Crippen molar-refractivity contribution in [1.82, 2.24) is 9.62 Å². The lowest BCUT2D eigenvalue weighted by Crippen LogP contribution is -2.47. The largest absolute Gasteiger partial charge is 0.481 e. The van der Waals surface area contributed by atoms with Crippen LogP contribution in [0.25, 0.3) is 10.4 Å². The van der Waals surface area contributed by atoms with E-state index >= 15 is 0 Å². The SMILES string of the molecule is CN(CC(O)CNC(C)(C)CC1Cc2ccccc2C1)S(=O)(=O)c1cccc(-c2ccc(CCC(=O)O)s2)c1. The van der Waals surface area contributed by atoms with Gasteiger partial charge in [0.2, 0.25) is 10.0 Å². The monoisotopic (exact) mass is 570 g/mol. The molecule has 3 N–H and O–H groups in total. The number of sulfonamides is 1. The summed E-state index contributed by atoms with van der Waals surface area (Å²) in [6.07, 6.45) is 2.75. The van der Waals surface area contributed by atoms with Crippen LogP contribution < -0.4 is 5.32 Å². The smallest absolute Gasteiger partial charge is 0.303 e. The van der Waals surface area contributed by atoms with Gasteiger partial charge in [0.1, 0.15) is 0 Å². The number of hydrogen-bond donors (Lipinski definition) is 3. The number of hydrogen-bond acceptors (Lipinski definition) is 6. The Labute approximate surface area is 235 Å². The topological polar surface area (TPSA) is 107 Å². The van der Waals surface area contributed by atoms with Gasteiger partial charge in [-0.3, -0.25) is 4.79 Å². The molecule has 9 heteroatoms. The summed E-state index contributed by atoms with van der Waals surface area (Å²) in [5.74, 6) is -0.296. The van der Waals surface area contributed by atoms with Crippen molar-refractivity contribution < 1.29 is 23.4 Å². The number of aliphatic carboxylic acids is 1. The van der Waals surface area contributed by atoms with Crippen LogP contribution in [0.1, 0.15) is 42.7 Å². The van der Waals surface area contributed by atoms with E-state index < -0.39 is 22.1 Å². The summed E-state index contributed by atoms with van der Waals surface area (Å²) in [6.45, 7) is 4.53. The van der Waals surface area contributed by atoms with E-state index in [1.54, 1.807) is 18.2 Å². The van der Waals surface area contributed by atoms with Crippen LogP contribution in [0.2, 0.25) is 0 Å². The predicted octanol–water partition coefficient (Wildman–Crippen LogP) is 4.59. The third kappa shape index (κ3) is 7.77. The van der Waals surface area contributed by atoms with E-state index in [1.807, 2.05) is 18.2 Å². The highest BCUT2D eigenvalue weighted by atomic mass is 32.2. The number of benzene rings is 2. The second-order valence-electron chi connectivity index (χ2n) is 11.1. The number of nitrogens with one attached hydrogen (secondary N) is 1. The van der Waals surface area contributed by atoms with Crippen LogP contribution in [0.15, 0.2) is 65.6 Å². The summed E-state index contributed by atoms with van der Waals surface area (Å²) in [6, 6.07) is 19.1. The molecule has 0 amide bonds. The van der Waals surface area contributed by atoms with Gasteiger partial charge in [0.05, 0.1) is 17.4 Å². The van der Waals surface area contributed by atoms with Crippen molar-refractivity contribution in [2.75, 3.05) is 20.1 Å². The molecule has 0 spiro atoms. The average Bonchev–Trinajstić information content (AvgIpc) is 3.52. The van der Waals surface area contributed by atoms with Crippen LogP contribution in [0.4, 0.5) is 0 Å². The van der Waals surface area contributed by atoms with Gasteiger partial charge in [-0.05, 0) is 86.4 Å². The second kappa shape index (κ2) is 12.3. The van der Waals surface area contributed by atoms with Gasteiger partial charge in [-0.1, -0.05) is 36.4 Å². The maximum absolute atomic E-state index is 13.3. The normalized spacial score (nSPS) is 15.0. The molecule has 1 aliphatic carbocycles. The minimum Gasteiger partial charge on any atom is -0.481 e. The molecule has 0 radical (unpaired) electrons. The standard InChI is InChI=1S/C30H38N2O5S2/c1-30(2,18-21-15-22-7-4-5-8-23(22)16-21)31-19-25(33)20-32(3)39(36,37)27-10-6-9-24(17-27)28-13-11-26(38-28)12-14-29(34)35/h4-11,13,17,21,25,31,33H,12,14-16,18-20H2,1-3H3,(H,34,35). The molecule has 7 nitrogen and oxygen atoms in total. The van der Waals surface area contributed by atoms with Crippen LogP contribution in [0, 0.1) is 5.92 Å². The molecule has 0 fully saturated rings. The molecule has 1 unspecified atom stereocenters. The molecule has 3 aromatic rings. The molecule has 0 aliphatic heterocycles. The first kappa shape index (κ1) is 29.4. The predicted molar refractivity (Wildman–Crippen MR) is 156 cm³/mol. The van der Waals surface area contributed by atoms with Crippen molar-refractivity contribution in [3.63, 3.8) is 0 Å². The number of carboxylic acid groups (broad SMARTS) is 1. The first-order chi connectivity index (χ1) is 18.4. The highest BCUT2D eigenvalue weighted by Gasteiger charge is 2.29. The average molecular weight is 571 g/mol. The summed E-state index contributed by atoms with van der Waals surface area (Å²) in [5, 5.41) is 23.1. The molecule has 1 heterocycles. The second-order valence-corrected chi connectivity index (χ2v) is 14.4. The van der Waals surface area contributed by atoms with E-state index in [2.05, 4.69) is 43.4 Å². The highest BCUT2D eigenvalue weighted by molar-refractivity contribution is 7.89. The molecule has 0 saturated carbocycles. The van der Waals surface area contributed by atoms with Crippen molar-refractivity contribution in [2.45, 2.75) is 62.5 Å². The Hall–Kier alpha value is -2.56. The number of fused-ring (bicyclic) bond motifs is 1. The lowest BCUT2D eigenvalue weighted by atomic mass is 9.88. The Morgan fingerprint density at radius 1 is 1.10 bits per heavy atom. The Balaban J connectivity index is 1.32. The molecule has 210 valence electrons. The summed E-state index contributed by atoms with van der Waals surface area (Å²) >= 11 is 1.46. The summed E-state index contributed by atoms with van der Waals surface area (Å²) in [5.41, 5.74) is 3.41. The Morgan fingerprint density at radius 3 is 2.46 bits per heavy atom. The van der Waals surface area contributed by atoms with Crippen molar-refractivity contribution in [2.24, 2.45) is 5.92 Å². The molecule has 4 rings (SSSR count). The van der Waals surface area contributed by atoms with Crippen LogP contribution in [-0.2, 0) is 34.1 Å². The third-order valence-corrected chi connectivity index (χ3v) is 10.3. The molecule has 1 aliphatic rings. The fourth-order valence-electron chi connectivity index (χ4n) is 5.33. The number of rotatable bonds is 13. The molecule has 1 aromatic heterocycles. The third-order valence-electron chi connectivity index (χ3n) is 7.29. The minimum atomic E-state index is -3.81. The molecule has 39 heavy (non-hydrogen) atoms. The van der Waals surface area contributed by atoms with Crippen LogP contribution in [-0.4, -0.2) is 60.7 Å². The van der Waals surface area contributed by atoms with Gasteiger partial charge in [-0.25, -0.2) is 8.42 Å². The molecular weight excluding hydrogens is 532 g/mol. The number of carboxylic acids is 1. The lowest BCUT2D eigenvalue weighted by molar-refractivity contribution is -0.136. The number of nitrogens with zero attached hydrogens (tertiary/aromatic N) is 1. The van der Waals surface area contributed by atoms with E-state index in [1.165, 1.54) is 33.8 Å².